The minimum atomic E-state index is -3.90. The minimum Gasteiger partial charge on any atom is -0.460 e. The highest BCUT2D eigenvalue weighted by molar-refractivity contribution is 7.86. The first-order valence-electron chi connectivity index (χ1n) is 8.51. The van der Waals surface area contributed by atoms with Crippen LogP contribution >= 0.6 is 0 Å². The van der Waals surface area contributed by atoms with E-state index in [0.29, 0.717) is 6.42 Å². The molecule has 0 aliphatic heterocycles. The van der Waals surface area contributed by atoms with E-state index >= 15 is 0 Å². The lowest BCUT2D eigenvalue weighted by molar-refractivity contribution is -0.152. The predicted molar refractivity (Wildman–Crippen MR) is 99.2 cm³/mol. The standard InChI is InChI=1S/C20H24O5S/c1-15-9-12-19(13-10-15)26(22,23)25-17(3)16(2)24-20(21)14-11-18-7-5-4-6-8-18/h4-10,12-13,16-17H,11,14H2,1-3H3. The second-order valence-electron chi connectivity index (χ2n) is 6.25. The molecule has 0 amide bonds. The maximum Gasteiger partial charge on any atom is 0.306 e. The van der Waals surface area contributed by atoms with Gasteiger partial charge in [0.1, 0.15) is 12.2 Å². The molecule has 0 aliphatic carbocycles. The van der Waals surface area contributed by atoms with E-state index in [0.717, 1.165) is 11.1 Å². The molecule has 0 aromatic heterocycles. The third-order valence-electron chi connectivity index (χ3n) is 4.03. The molecule has 0 heterocycles. The highest BCUT2D eigenvalue weighted by atomic mass is 32.2. The largest absolute Gasteiger partial charge is 0.460 e. The summed E-state index contributed by atoms with van der Waals surface area (Å²) in [5, 5.41) is 0. The summed E-state index contributed by atoms with van der Waals surface area (Å²) >= 11 is 0. The zero-order valence-electron chi connectivity index (χ0n) is 15.2. The topological polar surface area (TPSA) is 69.7 Å². The van der Waals surface area contributed by atoms with Crippen molar-refractivity contribution in [3.63, 3.8) is 0 Å². The molecule has 0 aliphatic rings. The first kappa shape index (κ1) is 20.1. The lowest BCUT2D eigenvalue weighted by Crippen LogP contribution is -2.30. The third-order valence-corrected chi connectivity index (χ3v) is 5.43. The van der Waals surface area contributed by atoms with Crippen LogP contribution in [-0.4, -0.2) is 26.6 Å². The molecule has 5 nitrogen and oxygen atoms in total. The fraction of sp³-hybridized carbons (Fsp3) is 0.350. The molecule has 0 spiro atoms. The molecule has 0 saturated carbocycles. The number of ether oxygens (including phenoxy) is 1. The zero-order valence-corrected chi connectivity index (χ0v) is 16.0. The molecule has 6 heteroatoms. The smallest absolute Gasteiger partial charge is 0.306 e. The van der Waals surface area contributed by atoms with Gasteiger partial charge in [0.25, 0.3) is 10.1 Å². The summed E-state index contributed by atoms with van der Waals surface area (Å²) < 4.78 is 35.1. The molecule has 2 unspecified atom stereocenters. The number of rotatable bonds is 8. The van der Waals surface area contributed by atoms with E-state index in [-0.39, 0.29) is 17.3 Å². The van der Waals surface area contributed by atoms with E-state index < -0.39 is 22.3 Å². The number of esters is 1. The molecule has 0 bridgehead atoms. The van der Waals surface area contributed by atoms with Crippen LogP contribution < -0.4 is 0 Å². The number of hydrogen-bond donors (Lipinski definition) is 0. The Morgan fingerprint density at radius 1 is 0.962 bits per heavy atom. The normalized spacial score (nSPS) is 13.8. The zero-order chi connectivity index (χ0) is 19.2. The number of benzene rings is 2. The Hall–Kier alpha value is -2.18. The monoisotopic (exact) mass is 376 g/mol. The third kappa shape index (κ3) is 5.97. The molecule has 2 aromatic carbocycles. The highest BCUT2D eigenvalue weighted by Gasteiger charge is 2.25. The first-order chi connectivity index (χ1) is 12.3. The number of aryl methyl sites for hydroxylation is 2. The lowest BCUT2D eigenvalue weighted by atomic mass is 10.1. The van der Waals surface area contributed by atoms with Crippen LogP contribution in [0.3, 0.4) is 0 Å². The van der Waals surface area contributed by atoms with E-state index in [1.165, 1.54) is 12.1 Å². The van der Waals surface area contributed by atoms with Crippen LogP contribution in [0.1, 0.15) is 31.4 Å². The van der Waals surface area contributed by atoms with Gasteiger partial charge in [-0.1, -0.05) is 48.0 Å². The highest BCUT2D eigenvalue weighted by Crippen LogP contribution is 2.17. The van der Waals surface area contributed by atoms with Crippen molar-refractivity contribution in [3.05, 3.63) is 65.7 Å². The van der Waals surface area contributed by atoms with E-state index in [4.69, 9.17) is 8.92 Å². The molecule has 140 valence electrons. The molecule has 2 rings (SSSR count). The van der Waals surface area contributed by atoms with Gasteiger partial charge in [0.15, 0.2) is 0 Å². The molecular weight excluding hydrogens is 352 g/mol. The average molecular weight is 376 g/mol. The van der Waals surface area contributed by atoms with Crippen molar-refractivity contribution in [1.82, 2.24) is 0 Å². The van der Waals surface area contributed by atoms with Gasteiger partial charge in [0.2, 0.25) is 0 Å². The summed E-state index contributed by atoms with van der Waals surface area (Å²) in [7, 11) is -3.90. The van der Waals surface area contributed by atoms with Gasteiger partial charge in [-0.15, -0.1) is 0 Å². The van der Waals surface area contributed by atoms with Gasteiger partial charge in [-0.2, -0.15) is 8.42 Å². The molecule has 0 saturated heterocycles. The van der Waals surface area contributed by atoms with Gasteiger partial charge in [-0.25, -0.2) is 0 Å². The van der Waals surface area contributed by atoms with Crippen molar-refractivity contribution >= 4 is 16.1 Å². The summed E-state index contributed by atoms with van der Waals surface area (Å²) in [5.41, 5.74) is 2.00. The fourth-order valence-electron chi connectivity index (χ4n) is 2.29. The summed E-state index contributed by atoms with van der Waals surface area (Å²) in [6.45, 7) is 5.06. The van der Waals surface area contributed by atoms with Crippen molar-refractivity contribution in [3.8, 4) is 0 Å². The van der Waals surface area contributed by atoms with Gasteiger partial charge >= 0.3 is 5.97 Å². The van der Waals surface area contributed by atoms with Crippen LogP contribution in [0.5, 0.6) is 0 Å². The maximum atomic E-state index is 12.3. The summed E-state index contributed by atoms with van der Waals surface area (Å²) in [6, 6.07) is 16.0. The summed E-state index contributed by atoms with van der Waals surface area (Å²) in [5.74, 6) is -0.385. The van der Waals surface area contributed by atoms with Gasteiger partial charge in [0.05, 0.1) is 4.90 Å². The Labute approximate surface area is 155 Å². The van der Waals surface area contributed by atoms with Crippen LogP contribution in [0.2, 0.25) is 0 Å². The van der Waals surface area contributed by atoms with Crippen LogP contribution in [0, 0.1) is 6.92 Å². The van der Waals surface area contributed by atoms with E-state index in [1.54, 1.807) is 26.0 Å². The number of carbonyl (C=O) groups excluding carboxylic acids is 1. The van der Waals surface area contributed by atoms with E-state index in [2.05, 4.69) is 0 Å². The number of hydrogen-bond acceptors (Lipinski definition) is 5. The number of carbonyl (C=O) groups is 1. The Morgan fingerprint density at radius 3 is 2.19 bits per heavy atom. The second kappa shape index (κ2) is 8.96. The quantitative estimate of drug-likeness (QED) is 0.519. The van der Waals surface area contributed by atoms with Crippen LogP contribution in [0.15, 0.2) is 59.5 Å². The first-order valence-corrected chi connectivity index (χ1v) is 9.92. The van der Waals surface area contributed by atoms with Crippen molar-refractivity contribution in [1.29, 1.82) is 0 Å². The van der Waals surface area contributed by atoms with Crippen LogP contribution in [0.4, 0.5) is 0 Å². The molecular formula is C20H24O5S. The van der Waals surface area contributed by atoms with Gasteiger partial charge in [-0.05, 0) is 44.9 Å². The van der Waals surface area contributed by atoms with E-state index in [1.807, 2.05) is 37.3 Å². The van der Waals surface area contributed by atoms with E-state index in [9.17, 15) is 13.2 Å². The summed E-state index contributed by atoms with van der Waals surface area (Å²) in [6.07, 6.45) is -0.671. The molecule has 0 fully saturated rings. The Balaban J connectivity index is 1.87. The van der Waals surface area contributed by atoms with Gasteiger partial charge < -0.3 is 4.74 Å². The van der Waals surface area contributed by atoms with Crippen molar-refractivity contribution < 1.29 is 22.1 Å². The maximum absolute atomic E-state index is 12.3. The Bertz CT molecular complexity index is 813. The summed E-state index contributed by atoms with van der Waals surface area (Å²) in [4.78, 5) is 12.1. The molecule has 26 heavy (non-hydrogen) atoms. The molecule has 2 aromatic rings. The second-order valence-corrected chi connectivity index (χ2v) is 7.82. The lowest BCUT2D eigenvalue weighted by Gasteiger charge is -2.20. The van der Waals surface area contributed by atoms with Crippen LogP contribution in [0.25, 0.3) is 0 Å². The van der Waals surface area contributed by atoms with Gasteiger partial charge in [-0.3, -0.25) is 8.98 Å². The Kier molecular flexibility index (Phi) is 6.94. The SMILES string of the molecule is Cc1ccc(S(=O)(=O)OC(C)C(C)OC(=O)CCc2ccccc2)cc1. The predicted octanol–water partition coefficient (Wildman–Crippen LogP) is 3.65. The van der Waals surface area contributed by atoms with Crippen molar-refractivity contribution in [2.45, 2.75) is 50.7 Å². The average Bonchev–Trinajstić information content (AvgIpc) is 2.61. The molecule has 2 atom stereocenters. The van der Waals surface area contributed by atoms with Gasteiger partial charge in [0, 0.05) is 6.42 Å². The fourth-order valence-corrected chi connectivity index (χ4v) is 3.43. The van der Waals surface area contributed by atoms with Crippen molar-refractivity contribution in [2.75, 3.05) is 0 Å². The van der Waals surface area contributed by atoms with Crippen molar-refractivity contribution in [2.24, 2.45) is 0 Å². The molecule has 0 N–H and O–H groups in total. The van der Waals surface area contributed by atoms with Crippen LogP contribution in [-0.2, 0) is 30.3 Å². The Morgan fingerprint density at radius 2 is 1.58 bits per heavy atom. The molecule has 0 radical (unpaired) electrons. The minimum absolute atomic E-state index is 0.0811.